The van der Waals surface area contributed by atoms with Crippen molar-refractivity contribution in [3.63, 3.8) is 0 Å². The number of carbonyl (C=O) groups excluding carboxylic acids is 1. The average Bonchev–Trinajstić information content (AvgIpc) is 4.08. The number of nitrogens with zero attached hydrogens (tertiary/aromatic N) is 8. The fraction of sp³-hybridized carbons (Fsp3) is 0.311. The van der Waals surface area contributed by atoms with Gasteiger partial charge in [-0.15, -0.1) is 20.4 Å². The third-order valence-electron chi connectivity index (χ3n) is 15.0. The number of nitrogens with one attached hydrogen (secondary N) is 1. The largest absolute Gasteiger partial charge is 0.344 e. The highest BCUT2D eigenvalue weighted by Gasteiger charge is 2.44. The van der Waals surface area contributed by atoms with E-state index in [0.717, 1.165) is 69.9 Å². The Morgan fingerprint density at radius 3 is 2.14 bits per heavy atom. The minimum Gasteiger partial charge on any atom is -0.344 e. The second-order valence-electron chi connectivity index (χ2n) is 21.2. The summed E-state index contributed by atoms with van der Waals surface area (Å²) >= 11 is 0. The Hall–Kier alpha value is -7.64. The van der Waals surface area contributed by atoms with E-state index in [0.29, 0.717) is 68.8 Å². The second kappa shape index (κ2) is 24.2. The molecule has 3 aliphatic rings. The monoisotopic (exact) mass is 1100 g/mol. The van der Waals surface area contributed by atoms with Crippen molar-refractivity contribution in [1.29, 1.82) is 0 Å². The Bertz CT molecular complexity index is 3630. The first-order valence-corrected chi connectivity index (χ1v) is 29.9. The Morgan fingerprint density at radius 2 is 1.43 bits per heavy atom. The number of benzene rings is 4. The molecule has 0 saturated heterocycles. The molecule has 4 aromatic carbocycles. The number of allylic oxidation sites excluding steroid dienone is 8. The zero-order valence-electron chi connectivity index (χ0n) is 45.0. The van der Waals surface area contributed by atoms with Crippen LogP contribution in [0.1, 0.15) is 117 Å². The lowest BCUT2D eigenvalue weighted by Gasteiger charge is -2.28. The molecule has 0 spiro atoms. The molecule has 1 aliphatic carbocycles. The van der Waals surface area contributed by atoms with Gasteiger partial charge in [0.2, 0.25) is 11.5 Å². The van der Waals surface area contributed by atoms with Crippen molar-refractivity contribution in [2.24, 2.45) is 5.10 Å². The molecular formula is C61H66N9O7S2+. The van der Waals surface area contributed by atoms with E-state index in [1.807, 2.05) is 48.5 Å². The fourth-order valence-corrected chi connectivity index (χ4v) is 12.1. The summed E-state index contributed by atoms with van der Waals surface area (Å²) in [6.07, 6.45) is 18.9. The normalized spacial score (nSPS) is 17.1. The van der Waals surface area contributed by atoms with E-state index in [2.05, 4.69) is 146 Å². The van der Waals surface area contributed by atoms with Gasteiger partial charge in [0.15, 0.2) is 17.8 Å². The molecule has 79 heavy (non-hydrogen) atoms. The van der Waals surface area contributed by atoms with Gasteiger partial charge in [-0.2, -0.15) is 26.5 Å². The van der Waals surface area contributed by atoms with Gasteiger partial charge in [-0.25, -0.2) is 4.98 Å². The highest BCUT2D eigenvalue weighted by Crippen LogP contribution is 2.48. The smallest absolute Gasteiger partial charge is 0.264 e. The lowest BCUT2D eigenvalue weighted by atomic mass is 9.79. The number of unbranched alkanes of at least 4 members (excludes halogenated alkanes) is 2. The predicted molar refractivity (Wildman–Crippen MR) is 311 cm³/mol. The van der Waals surface area contributed by atoms with Crippen LogP contribution in [0.25, 0.3) is 17.0 Å². The van der Waals surface area contributed by atoms with Crippen molar-refractivity contribution in [2.75, 3.05) is 34.9 Å². The molecule has 16 nitrogen and oxygen atoms in total. The van der Waals surface area contributed by atoms with Crippen LogP contribution < -0.4 is 10.3 Å². The highest BCUT2D eigenvalue weighted by atomic mass is 32.2. The summed E-state index contributed by atoms with van der Waals surface area (Å²) in [4.78, 5) is 19.9. The third kappa shape index (κ3) is 13.6. The summed E-state index contributed by atoms with van der Waals surface area (Å²) in [7, 11) is -8.15. The van der Waals surface area contributed by atoms with E-state index in [1.165, 1.54) is 28.6 Å². The Kier molecular flexibility index (Phi) is 17.2. The topological polar surface area (TPSA) is 221 Å². The van der Waals surface area contributed by atoms with Crippen LogP contribution in [0.15, 0.2) is 168 Å². The van der Waals surface area contributed by atoms with Crippen molar-refractivity contribution in [3.8, 4) is 11.4 Å². The summed E-state index contributed by atoms with van der Waals surface area (Å²) in [5, 5.41) is 20.0. The molecule has 2 aromatic heterocycles. The second-order valence-corrected chi connectivity index (χ2v) is 24.3. The molecule has 3 N–H and O–H groups in total. The van der Waals surface area contributed by atoms with Gasteiger partial charge in [-0.1, -0.05) is 111 Å². The lowest BCUT2D eigenvalue weighted by Crippen LogP contribution is -2.28. The van der Waals surface area contributed by atoms with Gasteiger partial charge in [0, 0.05) is 71.2 Å². The fourth-order valence-electron chi connectivity index (χ4n) is 10.9. The van der Waals surface area contributed by atoms with Crippen molar-refractivity contribution in [3.05, 3.63) is 196 Å². The van der Waals surface area contributed by atoms with Crippen molar-refractivity contribution in [2.45, 2.75) is 96.3 Å². The van der Waals surface area contributed by atoms with E-state index in [4.69, 9.17) is 0 Å². The Balaban J connectivity index is 0.977. The molecule has 2 aliphatic heterocycles. The standard InChI is InChI=1S/C61H65N9O7S2/c1-60(2)50-16-5-7-18-52(50)69(36-9-11-38-78(72,73)74)55(60)33-29-45-14-13-15-46(30-34-56-61(3,4)51-17-6-8-19-53(51)70(56)37-10-12-39-79(75,76)77)58(45)47-25-22-44(23-26-47)40-63-66-57-35-31-49(41-62-57)54(71)32-24-43-20-27-48(28-21-43)59-67-64-42-65-68-59/h5-8,16-23,25-31,33-35,40-42H,9-15,24,32,36-39H2,1-4H3,(H2,72,73,74,75,76,77)/p+1/b45-29+,55-33-. The van der Waals surface area contributed by atoms with E-state index in [1.54, 1.807) is 24.5 Å². The van der Waals surface area contributed by atoms with Crippen LogP contribution in [0.4, 0.5) is 17.2 Å². The number of hydrogen-bond acceptors (Lipinski definition) is 13. The quantitative estimate of drug-likeness (QED) is 0.0144. The van der Waals surface area contributed by atoms with Crippen LogP contribution in [0.2, 0.25) is 0 Å². The number of anilines is 2. The number of hydrogen-bond donors (Lipinski definition) is 3. The summed E-state index contributed by atoms with van der Waals surface area (Å²) in [5.41, 5.74) is 16.8. The van der Waals surface area contributed by atoms with Gasteiger partial charge in [-0.05, 0) is 122 Å². The summed E-state index contributed by atoms with van der Waals surface area (Å²) in [5.74, 6) is 0.341. The molecule has 18 heteroatoms. The van der Waals surface area contributed by atoms with Crippen molar-refractivity contribution >= 4 is 60.7 Å². The number of para-hydroxylation sites is 2. The summed E-state index contributed by atoms with van der Waals surface area (Å²) in [6, 6.07) is 36.2. The summed E-state index contributed by atoms with van der Waals surface area (Å²) in [6.45, 7) is 10.1. The number of aromatic nitrogens is 5. The first-order chi connectivity index (χ1) is 37.9. The maximum absolute atomic E-state index is 13.1. The average molecular weight is 1100 g/mol. The number of Topliss-reactive ketones (excluding diaryl/α,β-unsaturated/α-hetero) is 1. The molecule has 0 radical (unpaired) electrons. The van der Waals surface area contributed by atoms with Crippen LogP contribution in [0.5, 0.6) is 0 Å². The van der Waals surface area contributed by atoms with E-state index >= 15 is 0 Å². The molecule has 0 atom stereocenters. The Labute approximate surface area is 463 Å². The van der Waals surface area contributed by atoms with Crippen LogP contribution in [-0.4, -0.2) is 98.2 Å². The van der Waals surface area contributed by atoms with Gasteiger partial charge in [0.25, 0.3) is 20.2 Å². The van der Waals surface area contributed by atoms with Gasteiger partial charge >= 0.3 is 0 Å². The van der Waals surface area contributed by atoms with E-state index in [9.17, 15) is 30.7 Å². The molecule has 0 fully saturated rings. The number of ketones is 1. The zero-order valence-corrected chi connectivity index (χ0v) is 46.6. The number of aryl methyl sites for hydroxylation is 1. The SMILES string of the molecule is CC1(C)C(/C=C/C2=C(c3ccc(/C=N/Nc4ccc(C(=O)CCc5ccc(-c6nncnn6)cc5)cn4)cc3)C(=C/C=C3\N(CCCCS(=O)(=O)O)c4ccccc4C3(C)C)/CCC2)=[N+](CCCCS(=O)(=O)O)c2ccccc21. The van der Waals surface area contributed by atoms with E-state index < -0.39 is 20.2 Å². The van der Waals surface area contributed by atoms with Crippen LogP contribution in [0.3, 0.4) is 0 Å². The van der Waals surface area contributed by atoms with Crippen LogP contribution in [0, 0.1) is 0 Å². The van der Waals surface area contributed by atoms with Gasteiger partial charge < -0.3 is 4.90 Å². The predicted octanol–water partition coefficient (Wildman–Crippen LogP) is 11.1. The molecule has 0 unspecified atom stereocenters. The Morgan fingerprint density at radius 1 is 0.747 bits per heavy atom. The zero-order chi connectivity index (χ0) is 55.8. The third-order valence-corrected chi connectivity index (χ3v) is 16.6. The molecule has 408 valence electrons. The molecule has 0 saturated carbocycles. The maximum Gasteiger partial charge on any atom is 0.264 e. The molecule has 9 rings (SSSR count). The van der Waals surface area contributed by atoms with E-state index in [-0.39, 0.29) is 28.1 Å². The molecular weight excluding hydrogens is 1030 g/mol. The van der Waals surface area contributed by atoms with Crippen molar-refractivity contribution < 1.29 is 35.3 Å². The molecule has 4 heterocycles. The van der Waals surface area contributed by atoms with Crippen LogP contribution in [-0.2, 0) is 37.5 Å². The summed E-state index contributed by atoms with van der Waals surface area (Å²) < 4.78 is 67.8. The van der Waals surface area contributed by atoms with Crippen molar-refractivity contribution in [1.82, 2.24) is 25.4 Å². The van der Waals surface area contributed by atoms with Gasteiger partial charge in [-0.3, -0.25) is 19.3 Å². The number of hydrazone groups is 1. The minimum atomic E-state index is -4.07. The minimum absolute atomic E-state index is 0.0190. The first kappa shape index (κ1) is 56.1. The first-order valence-electron chi connectivity index (χ1n) is 26.7. The lowest BCUT2D eigenvalue weighted by molar-refractivity contribution is -0.438. The van der Waals surface area contributed by atoms with Gasteiger partial charge in [0.05, 0.1) is 23.1 Å². The highest BCUT2D eigenvalue weighted by molar-refractivity contribution is 7.86. The molecule has 0 bridgehead atoms. The maximum atomic E-state index is 13.1. The van der Waals surface area contributed by atoms with Crippen LogP contribution >= 0.6 is 0 Å². The number of pyridine rings is 1. The number of fused-ring (bicyclic) bond motifs is 2. The van der Waals surface area contributed by atoms with Gasteiger partial charge in [0.1, 0.15) is 12.4 Å². The molecule has 6 aromatic rings. The molecule has 0 amide bonds. The number of carbonyl (C=O) groups is 1. The number of rotatable bonds is 22.